The average molecular weight is 760 g/mol. The third kappa shape index (κ3) is 7.82. The summed E-state index contributed by atoms with van der Waals surface area (Å²) >= 11 is 0. The van der Waals surface area contributed by atoms with Gasteiger partial charge in [-0.05, 0) is 73.0 Å². The van der Waals surface area contributed by atoms with Crippen LogP contribution in [0.15, 0.2) is 113 Å². The number of nitrogens with one attached hydrogen (secondary N) is 1. The second kappa shape index (κ2) is 15.0. The maximum atomic E-state index is 13.6. The number of benzene rings is 2. The second-order valence-electron chi connectivity index (χ2n) is 12.4. The first kappa shape index (κ1) is 39.5. The van der Waals surface area contributed by atoms with Crippen molar-refractivity contribution < 1.29 is 40.0 Å². The van der Waals surface area contributed by atoms with Crippen LogP contribution in [0.4, 0.5) is 35.1 Å². The summed E-state index contributed by atoms with van der Waals surface area (Å²) in [6.07, 6.45) is -5.46. The minimum atomic E-state index is -4.58. The summed E-state index contributed by atoms with van der Waals surface area (Å²) in [5, 5.41) is 3.29. The highest BCUT2D eigenvalue weighted by Gasteiger charge is 2.46. The molecule has 5 aromatic rings. The zero-order valence-corrected chi connectivity index (χ0v) is 28.8. The number of aromatic nitrogens is 3. The molecular formula is C37H33F8N7O2. The number of nitrogens with zero attached hydrogens (tertiary/aromatic N) is 4. The number of pyridine rings is 3. The van der Waals surface area contributed by atoms with Crippen molar-refractivity contribution in [3.8, 4) is 0 Å². The minimum Gasteiger partial charge on any atom is -0.414 e. The van der Waals surface area contributed by atoms with E-state index in [1.165, 1.54) is 67.9 Å². The lowest BCUT2D eigenvalue weighted by atomic mass is 9.79. The topological polar surface area (TPSA) is 133 Å². The summed E-state index contributed by atoms with van der Waals surface area (Å²) in [6, 6.07) is 17.0. The Labute approximate surface area is 303 Å². The van der Waals surface area contributed by atoms with Crippen LogP contribution >= 0.6 is 0 Å². The van der Waals surface area contributed by atoms with E-state index in [-0.39, 0.29) is 5.56 Å². The highest BCUT2D eigenvalue weighted by Crippen LogP contribution is 2.40. The van der Waals surface area contributed by atoms with Crippen LogP contribution in [-0.4, -0.2) is 39.7 Å². The summed E-state index contributed by atoms with van der Waals surface area (Å²) < 4.78 is 105. The van der Waals surface area contributed by atoms with Crippen LogP contribution in [0, 0.1) is 11.6 Å². The van der Waals surface area contributed by atoms with Crippen molar-refractivity contribution in [1.82, 2.24) is 20.0 Å². The largest absolute Gasteiger partial charge is 0.433 e. The van der Waals surface area contributed by atoms with Crippen LogP contribution in [-0.2, 0) is 23.4 Å². The quantitative estimate of drug-likeness (QED) is 0.175. The Morgan fingerprint density at radius 2 is 1.30 bits per heavy atom. The predicted octanol–water partition coefficient (Wildman–Crippen LogP) is 5.93. The van der Waals surface area contributed by atoms with Gasteiger partial charge in [-0.15, -0.1) is 0 Å². The van der Waals surface area contributed by atoms with E-state index in [0.717, 1.165) is 29.3 Å². The predicted molar refractivity (Wildman–Crippen MR) is 183 cm³/mol. The third-order valence-corrected chi connectivity index (χ3v) is 8.99. The summed E-state index contributed by atoms with van der Waals surface area (Å²) in [6.45, 7) is 3.41. The molecule has 4 atom stereocenters. The SMILES string of the molecule is COn1cc(C2=N[C@@H](C)[C@@](c3ccc(F)cc3)(c3ccc(C(F)(F)F)nc3)N2)ccc1=O.C[C@H](N)[C@@](N)(c1ccc(F)cc1)c1ccc(C(F)(F)F)nc1. The van der Waals surface area contributed by atoms with Gasteiger partial charge in [0.2, 0.25) is 0 Å². The van der Waals surface area contributed by atoms with Gasteiger partial charge in [-0.2, -0.15) is 31.1 Å². The van der Waals surface area contributed by atoms with Crippen molar-refractivity contribution in [2.45, 2.75) is 49.4 Å². The van der Waals surface area contributed by atoms with Crippen molar-refractivity contribution in [3.05, 3.63) is 165 Å². The van der Waals surface area contributed by atoms with E-state index in [4.69, 9.17) is 16.3 Å². The number of amidine groups is 1. The van der Waals surface area contributed by atoms with E-state index in [1.807, 2.05) is 0 Å². The van der Waals surface area contributed by atoms with Crippen LogP contribution in [0.1, 0.15) is 53.1 Å². The van der Waals surface area contributed by atoms with Crippen LogP contribution in [0.2, 0.25) is 0 Å². The van der Waals surface area contributed by atoms with Crippen molar-refractivity contribution in [2.24, 2.45) is 16.5 Å². The summed E-state index contributed by atoms with van der Waals surface area (Å²) in [5.41, 5.74) is 9.81. The highest BCUT2D eigenvalue weighted by molar-refractivity contribution is 6.01. The molecule has 1 aliphatic heterocycles. The minimum absolute atomic E-state index is 0.321. The highest BCUT2D eigenvalue weighted by atomic mass is 19.4. The van der Waals surface area contributed by atoms with Gasteiger partial charge in [-0.25, -0.2) is 8.78 Å². The van der Waals surface area contributed by atoms with Gasteiger partial charge in [-0.1, -0.05) is 36.4 Å². The van der Waals surface area contributed by atoms with Crippen LogP contribution < -0.4 is 27.2 Å². The van der Waals surface area contributed by atoms with Gasteiger partial charge in [0, 0.05) is 35.6 Å². The van der Waals surface area contributed by atoms with Gasteiger partial charge in [0.05, 0.1) is 17.8 Å². The zero-order chi connectivity index (χ0) is 39.6. The smallest absolute Gasteiger partial charge is 0.414 e. The molecule has 0 bridgehead atoms. The van der Waals surface area contributed by atoms with Crippen molar-refractivity contribution in [2.75, 3.05) is 7.11 Å². The molecule has 0 fully saturated rings. The average Bonchev–Trinajstić information content (AvgIpc) is 3.49. The lowest BCUT2D eigenvalue weighted by Gasteiger charge is -2.35. The molecule has 17 heteroatoms. The number of halogens is 8. The second-order valence-corrected chi connectivity index (χ2v) is 12.4. The van der Waals surface area contributed by atoms with E-state index in [1.54, 1.807) is 32.0 Å². The van der Waals surface area contributed by atoms with Crippen molar-refractivity contribution in [3.63, 3.8) is 0 Å². The monoisotopic (exact) mass is 759 g/mol. The first-order valence-electron chi connectivity index (χ1n) is 16.1. The van der Waals surface area contributed by atoms with E-state index in [2.05, 4.69) is 20.3 Å². The molecule has 5 N–H and O–H groups in total. The van der Waals surface area contributed by atoms with Crippen LogP contribution in [0.5, 0.6) is 0 Å². The lowest BCUT2D eigenvalue weighted by Crippen LogP contribution is -2.52. The van der Waals surface area contributed by atoms with E-state index < -0.39 is 58.5 Å². The molecule has 0 unspecified atom stereocenters. The first-order valence-corrected chi connectivity index (χ1v) is 16.1. The molecule has 284 valence electrons. The molecule has 6 rings (SSSR count). The molecule has 0 aliphatic carbocycles. The molecule has 0 saturated carbocycles. The van der Waals surface area contributed by atoms with Crippen LogP contribution in [0.3, 0.4) is 0 Å². The number of nitrogens with two attached hydrogens (primary N) is 2. The molecule has 0 saturated heterocycles. The Morgan fingerprint density at radius 3 is 1.78 bits per heavy atom. The lowest BCUT2D eigenvalue weighted by molar-refractivity contribution is -0.142. The van der Waals surface area contributed by atoms with Gasteiger partial charge in [0.25, 0.3) is 5.56 Å². The first-order chi connectivity index (χ1) is 25.3. The molecule has 3 aromatic heterocycles. The molecule has 0 spiro atoms. The molecule has 0 radical (unpaired) electrons. The number of hydrogen-bond donors (Lipinski definition) is 3. The summed E-state index contributed by atoms with van der Waals surface area (Å²) in [7, 11) is 1.34. The number of alkyl halides is 6. The molecule has 0 amide bonds. The molecule has 2 aromatic carbocycles. The summed E-state index contributed by atoms with van der Waals surface area (Å²) in [4.78, 5) is 28.5. The molecule has 9 nitrogen and oxygen atoms in total. The van der Waals surface area contributed by atoms with Gasteiger partial charge in [0.1, 0.15) is 41.5 Å². The van der Waals surface area contributed by atoms with Gasteiger partial charge in [-0.3, -0.25) is 19.8 Å². The van der Waals surface area contributed by atoms with Gasteiger partial charge >= 0.3 is 12.4 Å². The fraction of sp³-hybridized carbons (Fsp3) is 0.243. The standard InChI is InChI=1S/C22H18F4N4O2.C15H15F4N3/c1-13-21(15-4-7-17(23)8-5-15,16-6-9-18(27-11-16)22(24,25)26)29-20(28-13)14-3-10-19(31)30(12-14)32-2;1-9(20)14(21,10-2-5-12(16)6-3-10)11-4-7-13(22-8-11)15(17,18)19/h3-13H,1-2H3,(H,28,29);2-9H,20-21H2,1H3/t13-,21+;9-,14+/m00/s1. The Hall–Kier alpha value is -5.68. The van der Waals surface area contributed by atoms with Crippen molar-refractivity contribution in [1.29, 1.82) is 0 Å². The van der Waals surface area contributed by atoms with Crippen molar-refractivity contribution >= 4 is 5.84 Å². The molecule has 4 heterocycles. The zero-order valence-electron chi connectivity index (χ0n) is 28.8. The molecule has 1 aliphatic rings. The van der Waals surface area contributed by atoms with E-state index in [0.29, 0.717) is 33.7 Å². The normalized spacial score (nSPS) is 18.8. The Kier molecular flexibility index (Phi) is 11.0. The number of rotatable bonds is 7. The van der Waals surface area contributed by atoms with Crippen LogP contribution in [0.25, 0.3) is 0 Å². The fourth-order valence-corrected chi connectivity index (χ4v) is 6.04. The maximum absolute atomic E-state index is 13.6. The maximum Gasteiger partial charge on any atom is 0.433 e. The van der Waals surface area contributed by atoms with E-state index in [9.17, 15) is 39.9 Å². The molecule has 54 heavy (non-hydrogen) atoms. The van der Waals surface area contributed by atoms with Gasteiger partial charge in [0.15, 0.2) is 0 Å². The molecular weight excluding hydrogens is 726 g/mol. The number of hydrogen-bond acceptors (Lipinski definition) is 8. The third-order valence-electron chi connectivity index (χ3n) is 8.99. The summed E-state index contributed by atoms with van der Waals surface area (Å²) in [5.74, 6) is -0.498. The number of aliphatic imine (C=N–C) groups is 1. The Bertz CT molecular complexity index is 2150. The van der Waals surface area contributed by atoms with E-state index >= 15 is 0 Å². The fourth-order valence-electron chi connectivity index (χ4n) is 6.04. The van der Waals surface area contributed by atoms with Gasteiger partial charge < -0.3 is 21.6 Å². The Morgan fingerprint density at radius 1 is 0.778 bits per heavy atom. The Balaban J connectivity index is 0.000000223.